The molecule has 2 atom stereocenters. The first kappa shape index (κ1) is 18.2. The van der Waals surface area contributed by atoms with Gasteiger partial charge in [-0.1, -0.05) is 12.5 Å². The number of likely N-dealkylation sites (N-methyl/N-ethyl adjacent to an activating group) is 1. The van der Waals surface area contributed by atoms with Crippen LogP contribution in [0.15, 0.2) is 24.3 Å². The van der Waals surface area contributed by atoms with Gasteiger partial charge >= 0.3 is 0 Å². The van der Waals surface area contributed by atoms with Crippen molar-refractivity contribution in [3.05, 3.63) is 24.3 Å². The zero-order chi connectivity index (χ0) is 17.8. The fraction of sp³-hybridized carbons (Fsp3) is 0.650. The highest BCUT2D eigenvalue weighted by Gasteiger charge is 2.40. The second kappa shape index (κ2) is 8.19. The van der Waals surface area contributed by atoms with Crippen LogP contribution in [0.3, 0.4) is 0 Å². The number of benzene rings is 1. The first-order valence-corrected chi connectivity index (χ1v) is 9.47. The molecule has 2 fully saturated rings. The van der Waals surface area contributed by atoms with Crippen molar-refractivity contribution in [1.82, 2.24) is 4.90 Å². The first-order valence-electron chi connectivity index (χ1n) is 9.47. The van der Waals surface area contributed by atoms with Gasteiger partial charge in [0.2, 0.25) is 5.91 Å². The van der Waals surface area contributed by atoms with E-state index in [2.05, 4.69) is 10.2 Å². The van der Waals surface area contributed by atoms with Crippen LogP contribution >= 0.6 is 0 Å². The normalized spacial score (nSPS) is 28.6. The monoisotopic (exact) mass is 345 g/mol. The molecular formula is C20H31N3O2. The fourth-order valence-corrected chi connectivity index (χ4v) is 4.26. The van der Waals surface area contributed by atoms with E-state index in [0.29, 0.717) is 24.5 Å². The lowest BCUT2D eigenvalue weighted by Crippen LogP contribution is -2.48. The van der Waals surface area contributed by atoms with Crippen molar-refractivity contribution >= 4 is 11.6 Å². The van der Waals surface area contributed by atoms with E-state index in [1.165, 1.54) is 19.3 Å². The van der Waals surface area contributed by atoms with Gasteiger partial charge < -0.3 is 20.7 Å². The van der Waals surface area contributed by atoms with Crippen LogP contribution in [0.4, 0.5) is 5.69 Å². The molecule has 0 spiro atoms. The van der Waals surface area contributed by atoms with Crippen molar-refractivity contribution in [3.63, 3.8) is 0 Å². The smallest absolute Gasteiger partial charge is 0.227 e. The fourth-order valence-electron chi connectivity index (χ4n) is 4.26. The molecule has 3 N–H and O–H groups in total. The van der Waals surface area contributed by atoms with Gasteiger partial charge in [-0.2, -0.15) is 0 Å². The number of hydrogen-bond donors (Lipinski definition) is 2. The molecule has 2 aliphatic rings. The molecule has 0 radical (unpaired) electrons. The van der Waals surface area contributed by atoms with Crippen LogP contribution in [0.5, 0.6) is 5.75 Å². The summed E-state index contributed by atoms with van der Waals surface area (Å²) in [5, 5.41) is 3.09. The Bertz CT molecular complexity index is 576. The lowest BCUT2D eigenvalue weighted by atomic mass is 9.65. The van der Waals surface area contributed by atoms with Crippen LogP contribution in [0.2, 0.25) is 0 Å². The Balaban J connectivity index is 1.56. The molecule has 0 saturated heterocycles. The molecule has 25 heavy (non-hydrogen) atoms. The Hall–Kier alpha value is -1.59. The number of fused-ring (bicyclic) bond motifs is 2. The number of ether oxygens (including phenoxy) is 1. The van der Waals surface area contributed by atoms with Crippen LogP contribution in [-0.4, -0.2) is 44.1 Å². The zero-order valence-corrected chi connectivity index (χ0v) is 15.4. The molecule has 2 bridgehead atoms. The summed E-state index contributed by atoms with van der Waals surface area (Å²) in [5.41, 5.74) is 7.15. The lowest BCUT2D eigenvalue weighted by Gasteiger charge is -2.43. The van der Waals surface area contributed by atoms with Gasteiger partial charge in [0.1, 0.15) is 12.4 Å². The number of anilines is 1. The highest BCUT2D eigenvalue weighted by atomic mass is 16.5. The molecule has 0 aliphatic heterocycles. The van der Waals surface area contributed by atoms with E-state index >= 15 is 0 Å². The molecule has 2 aliphatic carbocycles. The molecule has 1 amide bonds. The summed E-state index contributed by atoms with van der Waals surface area (Å²) >= 11 is 0. The van der Waals surface area contributed by atoms with Gasteiger partial charge in [0.25, 0.3) is 0 Å². The number of nitrogens with two attached hydrogens (primary N) is 1. The molecule has 1 aromatic rings. The molecule has 5 nitrogen and oxygen atoms in total. The lowest BCUT2D eigenvalue weighted by molar-refractivity contribution is -0.122. The van der Waals surface area contributed by atoms with Crippen LogP contribution in [0.25, 0.3) is 0 Å². The van der Waals surface area contributed by atoms with E-state index in [4.69, 9.17) is 10.5 Å². The average Bonchev–Trinajstić information content (AvgIpc) is 2.54. The van der Waals surface area contributed by atoms with E-state index in [9.17, 15) is 4.79 Å². The molecule has 5 heteroatoms. The maximum Gasteiger partial charge on any atom is 0.227 e. The molecule has 138 valence electrons. The summed E-state index contributed by atoms with van der Waals surface area (Å²) in [6, 6.07) is 7.97. The average molecular weight is 345 g/mol. The molecule has 2 saturated carbocycles. The van der Waals surface area contributed by atoms with Crippen molar-refractivity contribution in [1.29, 1.82) is 0 Å². The van der Waals surface area contributed by atoms with Gasteiger partial charge in [-0.05, 0) is 63.7 Å². The third-order valence-electron chi connectivity index (χ3n) is 5.69. The van der Waals surface area contributed by atoms with Crippen LogP contribution in [0, 0.1) is 17.8 Å². The topological polar surface area (TPSA) is 67.6 Å². The highest BCUT2D eigenvalue weighted by molar-refractivity contribution is 5.92. The van der Waals surface area contributed by atoms with E-state index in [1.807, 2.05) is 38.4 Å². The van der Waals surface area contributed by atoms with Gasteiger partial charge in [0.05, 0.1) is 0 Å². The van der Waals surface area contributed by atoms with Crippen LogP contribution in [0.1, 0.15) is 32.1 Å². The molecule has 2 unspecified atom stereocenters. The SMILES string of the molecule is CN(C)CCOc1cccc(NC(=O)C2CC3CCCC(C2)C3N)c1. The predicted molar refractivity (Wildman–Crippen MR) is 101 cm³/mol. The summed E-state index contributed by atoms with van der Waals surface area (Å²) in [4.78, 5) is 14.8. The third-order valence-corrected chi connectivity index (χ3v) is 5.69. The number of nitrogens with zero attached hydrogens (tertiary/aromatic N) is 1. The van der Waals surface area contributed by atoms with Crippen molar-refractivity contribution in [3.8, 4) is 5.75 Å². The van der Waals surface area contributed by atoms with Crippen molar-refractivity contribution in [2.75, 3.05) is 32.6 Å². The second-order valence-corrected chi connectivity index (χ2v) is 7.87. The van der Waals surface area contributed by atoms with Crippen molar-refractivity contribution in [2.45, 2.75) is 38.1 Å². The van der Waals surface area contributed by atoms with Gasteiger partial charge in [0.15, 0.2) is 0 Å². The molecule has 3 rings (SSSR count). The van der Waals surface area contributed by atoms with E-state index in [-0.39, 0.29) is 11.8 Å². The number of nitrogens with one attached hydrogen (secondary N) is 1. The van der Waals surface area contributed by atoms with Crippen molar-refractivity contribution < 1.29 is 9.53 Å². The summed E-state index contributed by atoms with van der Waals surface area (Å²) < 4.78 is 5.75. The summed E-state index contributed by atoms with van der Waals surface area (Å²) in [5.74, 6) is 2.05. The summed E-state index contributed by atoms with van der Waals surface area (Å²) in [6.45, 7) is 1.50. The number of amides is 1. The number of carbonyl (C=O) groups is 1. The van der Waals surface area contributed by atoms with Gasteiger partial charge in [-0.15, -0.1) is 0 Å². The van der Waals surface area contributed by atoms with Crippen LogP contribution < -0.4 is 15.8 Å². The van der Waals surface area contributed by atoms with Gasteiger partial charge in [-0.25, -0.2) is 0 Å². The maximum atomic E-state index is 12.7. The van der Waals surface area contributed by atoms with Gasteiger partial charge in [0, 0.05) is 30.3 Å². The van der Waals surface area contributed by atoms with E-state index < -0.39 is 0 Å². The summed E-state index contributed by atoms with van der Waals surface area (Å²) in [6.07, 6.45) is 5.49. The van der Waals surface area contributed by atoms with E-state index in [0.717, 1.165) is 30.8 Å². The molecule has 1 aromatic carbocycles. The highest BCUT2D eigenvalue weighted by Crippen LogP contribution is 2.42. The van der Waals surface area contributed by atoms with Crippen molar-refractivity contribution in [2.24, 2.45) is 23.5 Å². The number of carbonyl (C=O) groups excluding carboxylic acids is 1. The first-order chi connectivity index (χ1) is 12.0. The number of hydrogen-bond acceptors (Lipinski definition) is 4. The largest absolute Gasteiger partial charge is 0.492 e. The molecule has 0 aromatic heterocycles. The Labute approximate surface area is 150 Å². The molecule has 0 heterocycles. The molecular weight excluding hydrogens is 314 g/mol. The number of rotatable bonds is 6. The minimum Gasteiger partial charge on any atom is -0.492 e. The maximum absolute atomic E-state index is 12.7. The minimum atomic E-state index is 0.0911. The Morgan fingerprint density at radius 3 is 2.68 bits per heavy atom. The predicted octanol–water partition coefficient (Wildman–Crippen LogP) is 2.72. The van der Waals surface area contributed by atoms with Crippen LogP contribution in [-0.2, 0) is 4.79 Å². The Morgan fingerprint density at radius 1 is 1.28 bits per heavy atom. The Kier molecular flexibility index (Phi) is 5.97. The standard InChI is InChI=1S/C20H31N3O2/c1-23(2)9-10-25-18-8-4-7-17(13-18)22-20(24)16-11-14-5-3-6-15(12-16)19(14)21/h4,7-8,13-16,19H,3,5-6,9-12,21H2,1-2H3,(H,22,24). The van der Waals surface area contributed by atoms with Gasteiger partial charge in [-0.3, -0.25) is 4.79 Å². The minimum absolute atomic E-state index is 0.0911. The quantitative estimate of drug-likeness (QED) is 0.832. The summed E-state index contributed by atoms with van der Waals surface area (Å²) in [7, 11) is 4.04. The zero-order valence-electron chi connectivity index (χ0n) is 15.4. The second-order valence-electron chi connectivity index (χ2n) is 7.87. The Morgan fingerprint density at radius 2 is 2.00 bits per heavy atom. The third kappa shape index (κ3) is 4.73. The van der Waals surface area contributed by atoms with E-state index in [1.54, 1.807) is 0 Å².